The molecule has 0 saturated heterocycles. The van der Waals surface area contributed by atoms with Crippen LogP contribution in [0.4, 0.5) is 22.0 Å². The average Bonchev–Trinajstić information content (AvgIpc) is 2.42. The summed E-state index contributed by atoms with van der Waals surface area (Å²) in [5, 5.41) is 0. The second kappa shape index (κ2) is 11.7. The average molecular weight is 439 g/mol. The van der Waals surface area contributed by atoms with Gasteiger partial charge in [-0.25, -0.2) is 0 Å². The van der Waals surface area contributed by atoms with E-state index in [9.17, 15) is 25.0 Å². The van der Waals surface area contributed by atoms with Gasteiger partial charge >= 0.3 is 136 Å². The Balaban J connectivity index is 3.67. The fourth-order valence-electron chi connectivity index (χ4n) is 1.91. The Morgan fingerprint density at radius 1 is 0.818 bits per heavy atom. The van der Waals surface area contributed by atoms with E-state index >= 15 is 0 Å². The van der Waals surface area contributed by atoms with E-state index in [1.54, 1.807) is 0 Å². The van der Waals surface area contributed by atoms with Crippen molar-refractivity contribution in [2.24, 2.45) is 0 Å². The minimum absolute atomic E-state index is 0.0468. The molecular weight excluding hydrogens is 414 g/mol. The number of halogens is 5. The fraction of sp³-hybridized carbons (Fsp3) is 1.00. The van der Waals surface area contributed by atoms with Crippen LogP contribution in [0.25, 0.3) is 0 Å². The van der Waals surface area contributed by atoms with Gasteiger partial charge in [0.15, 0.2) is 0 Å². The van der Waals surface area contributed by atoms with Gasteiger partial charge in [0.25, 0.3) is 0 Å². The first-order valence-corrected chi connectivity index (χ1v) is 11.6. The summed E-state index contributed by atoms with van der Waals surface area (Å²) in [6.45, 7) is 2.08. The Hall–Kier alpha value is 0.209. The Morgan fingerprint density at radius 3 is 1.82 bits per heavy atom. The van der Waals surface area contributed by atoms with E-state index in [1.165, 1.54) is 19.3 Å². The van der Waals surface area contributed by atoms with Gasteiger partial charge in [0.1, 0.15) is 0 Å². The molecule has 0 aromatic carbocycles. The molecule has 0 aromatic rings. The number of unbranched alkanes of at least 4 members (excludes halogenated alkanes) is 7. The van der Waals surface area contributed by atoms with E-state index in [0.717, 1.165) is 25.7 Å². The third-order valence-electron chi connectivity index (χ3n) is 3.25. The zero-order valence-electron chi connectivity index (χ0n) is 13.0. The van der Waals surface area contributed by atoms with Crippen LogP contribution >= 0.6 is 0 Å². The van der Waals surface area contributed by atoms with E-state index < -0.39 is 43.1 Å². The minimum atomic E-state index is -4.76. The second-order valence-electron chi connectivity index (χ2n) is 5.43. The van der Waals surface area contributed by atoms with Gasteiger partial charge in [-0.05, 0) is 0 Å². The Bertz CT molecular complexity index is 308. The number of hydrogen-bond acceptors (Lipinski definition) is 2. The molecule has 0 heterocycles. The van der Waals surface area contributed by atoms with Crippen LogP contribution in [0, 0.1) is 0 Å². The van der Waals surface area contributed by atoms with Gasteiger partial charge in [-0.15, -0.1) is 0 Å². The first-order valence-electron chi connectivity index (χ1n) is 7.81. The Morgan fingerprint density at radius 2 is 1.32 bits per heavy atom. The van der Waals surface area contributed by atoms with Crippen LogP contribution in [0.1, 0.15) is 71.1 Å². The predicted molar refractivity (Wildman–Crippen MR) is 75.2 cm³/mol. The molecule has 0 atom stereocenters. The molecule has 0 fully saturated rings. The number of rotatable bonds is 13. The van der Waals surface area contributed by atoms with Crippen LogP contribution in [0.15, 0.2) is 0 Å². The maximum atomic E-state index is 13.2. The summed E-state index contributed by atoms with van der Waals surface area (Å²) < 4.78 is 74.4. The SMILES string of the molecule is CCCCCCCCCC[O][Sn](=[O])[C](F)(F)CCC(F)(F)F. The van der Waals surface area contributed by atoms with E-state index in [1.807, 2.05) is 0 Å². The van der Waals surface area contributed by atoms with E-state index in [0.29, 0.717) is 6.42 Å². The standard InChI is InChI=1S/C10H21O.C4H4F5.O.Sn/c1-2-3-4-5-6-7-8-9-10-11;5-3(6)1-2-4(7,8)9;;/h2-10H2,1H3;1-2H2;;/q-1;;;+1. The molecule has 2 nitrogen and oxygen atoms in total. The second-order valence-corrected chi connectivity index (χ2v) is 9.98. The van der Waals surface area contributed by atoms with Crippen molar-refractivity contribution in [2.75, 3.05) is 6.61 Å². The molecule has 0 aromatic heterocycles. The fourth-order valence-corrected chi connectivity index (χ4v) is 4.39. The molecule has 132 valence electrons. The van der Waals surface area contributed by atoms with Crippen LogP contribution < -0.4 is 0 Å². The molecular formula is C14H25F5O2Sn. The third kappa shape index (κ3) is 12.7. The van der Waals surface area contributed by atoms with Crippen molar-refractivity contribution in [2.45, 2.75) is 81.2 Å². The molecule has 22 heavy (non-hydrogen) atoms. The summed E-state index contributed by atoms with van der Waals surface area (Å²) in [5.74, 6) is 0. The molecule has 0 bridgehead atoms. The maximum absolute atomic E-state index is 13.2. The molecule has 0 amide bonds. The van der Waals surface area contributed by atoms with Gasteiger partial charge in [0.2, 0.25) is 0 Å². The van der Waals surface area contributed by atoms with Gasteiger partial charge in [-0.2, -0.15) is 0 Å². The molecule has 0 unspecified atom stereocenters. The van der Waals surface area contributed by atoms with Gasteiger partial charge in [0, 0.05) is 0 Å². The molecule has 0 aliphatic heterocycles. The van der Waals surface area contributed by atoms with Crippen molar-refractivity contribution >= 4 is 20.2 Å². The van der Waals surface area contributed by atoms with Crippen molar-refractivity contribution in [1.29, 1.82) is 0 Å². The summed E-state index contributed by atoms with van der Waals surface area (Å²) in [5.41, 5.74) is 0. The summed E-state index contributed by atoms with van der Waals surface area (Å²) >= 11 is -4.76. The zero-order chi connectivity index (χ0) is 17.1. The van der Waals surface area contributed by atoms with Crippen LogP contribution in [-0.4, -0.2) is 36.9 Å². The van der Waals surface area contributed by atoms with Gasteiger partial charge < -0.3 is 0 Å². The molecule has 0 aliphatic rings. The first-order chi connectivity index (χ1) is 10.2. The number of hydrogen-bond donors (Lipinski definition) is 0. The topological polar surface area (TPSA) is 26.3 Å². The van der Waals surface area contributed by atoms with Crippen LogP contribution in [-0.2, 0) is 6.15 Å². The van der Waals surface area contributed by atoms with Crippen molar-refractivity contribution in [1.82, 2.24) is 0 Å². The monoisotopic (exact) mass is 440 g/mol. The van der Waals surface area contributed by atoms with Crippen molar-refractivity contribution < 1.29 is 28.1 Å². The van der Waals surface area contributed by atoms with E-state index in [2.05, 4.69) is 10.00 Å². The predicted octanol–water partition coefficient (Wildman–Crippen LogP) is 5.58. The quantitative estimate of drug-likeness (QED) is 0.213. The van der Waals surface area contributed by atoms with Crippen molar-refractivity contribution in [3.05, 3.63) is 0 Å². The summed E-state index contributed by atoms with van der Waals surface area (Å²) in [6, 6.07) is 0. The summed E-state index contributed by atoms with van der Waals surface area (Å²) in [4.78, 5) is 0. The normalized spacial score (nSPS) is 12.6. The Labute approximate surface area is 136 Å². The Kier molecular flexibility index (Phi) is 11.8. The van der Waals surface area contributed by atoms with Gasteiger partial charge in [-0.1, -0.05) is 0 Å². The molecule has 0 N–H and O–H groups in total. The molecule has 8 heteroatoms. The zero-order valence-corrected chi connectivity index (χ0v) is 15.8. The van der Waals surface area contributed by atoms with E-state index in [-0.39, 0.29) is 6.61 Å². The first kappa shape index (κ1) is 22.2. The van der Waals surface area contributed by atoms with Crippen LogP contribution in [0.5, 0.6) is 0 Å². The van der Waals surface area contributed by atoms with Crippen molar-refractivity contribution in [3.8, 4) is 0 Å². The third-order valence-corrected chi connectivity index (χ3v) is 7.00. The molecule has 0 radical (unpaired) electrons. The van der Waals surface area contributed by atoms with Crippen LogP contribution in [0.3, 0.4) is 0 Å². The van der Waals surface area contributed by atoms with Crippen molar-refractivity contribution in [3.63, 3.8) is 0 Å². The molecule has 0 spiro atoms. The van der Waals surface area contributed by atoms with Gasteiger partial charge in [-0.3, -0.25) is 0 Å². The van der Waals surface area contributed by atoms with E-state index in [4.69, 9.17) is 0 Å². The summed E-state index contributed by atoms with van der Waals surface area (Å²) in [7, 11) is 0. The van der Waals surface area contributed by atoms with Gasteiger partial charge in [0.05, 0.1) is 0 Å². The molecule has 0 rings (SSSR count). The molecule has 0 aliphatic carbocycles. The number of alkyl halides is 5. The summed E-state index contributed by atoms with van der Waals surface area (Å²) in [6.07, 6.45) is 0.357. The molecule has 0 saturated carbocycles. The van der Waals surface area contributed by atoms with Crippen LogP contribution in [0.2, 0.25) is 0 Å².